The first-order valence-corrected chi connectivity index (χ1v) is 5.35. The lowest BCUT2D eigenvalue weighted by Crippen LogP contribution is -1.98. The third kappa shape index (κ3) is 2.90. The molecule has 3 nitrogen and oxygen atoms in total. The van der Waals surface area contributed by atoms with E-state index in [0.29, 0.717) is 17.1 Å². The summed E-state index contributed by atoms with van der Waals surface area (Å²) >= 11 is 0. The molecular formula is C13H11F3N2O. The van der Waals surface area contributed by atoms with Crippen LogP contribution in [-0.4, -0.2) is 7.11 Å². The molecule has 0 saturated carbocycles. The van der Waals surface area contributed by atoms with Crippen LogP contribution in [0.2, 0.25) is 0 Å². The standard InChI is InChI=1S/C13H11F3N2O/c1-19-10-3-7(17)2-8(4-10)18-9-5-11(14)13(16)12(15)6-9/h2-6,18H,17H2,1H3. The summed E-state index contributed by atoms with van der Waals surface area (Å²) in [6, 6.07) is 6.45. The predicted octanol–water partition coefficient (Wildman–Crippen LogP) is 3.44. The fourth-order valence-electron chi connectivity index (χ4n) is 1.61. The summed E-state index contributed by atoms with van der Waals surface area (Å²) in [6.45, 7) is 0. The van der Waals surface area contributed by atoms with Crippen molar-refractivity contribution >= 4 is 17.1 Å². The molecule has 100 valence electrons. The molecule has 19 heavy (non-hydrogen) atoms. The normalized spacial score (nSPS) is 10.3. The molecule has 0 bridgehead atoms. The van der Waals surface area contributed by atoms with Gasteiger partial charge in [0.1, 0.15) is 5.75 Å². The second-order valence-electron chi connectivity index (χ2n) is 3.87. The van der Waals surface area contributed by atoms with Crippen molar-refractivity contribution in [3.05, 3.63) is 47.8 Å². The smallest absolute Gasteiger partial charge is 0.194 e. The maximum absolute atomic E-state index is 13.1. The van der Waals surface area contributed by atoms with Crippen molar-refractivity contribution < 1.29 is 17.9 Å². The first kappa shape index (κ1) is 13.1. The monoisotopic (exact) mass is 268 g/mol. The Morgan fingerprint density at radius 1 is 0.947 bits per heavy atom. The van der Waals surface area contributed by atoms with Gasteiger partial charge in [0.15, 0.2) is 17.5 Å². The maximum atomic E-state index is 13.1. The molecule has 6 heteroatoms. The zero-order valence-corrected chi connectivity index (χ0v) is 10.0. The average molecular weight is 268 g/mol. The van der Waals surface area contributed by atoms with E-state index in [9.17, 15) is 13.2 Å². The fraction of sp³-hybridized carbons (Fsp3) is 0.0769. The highest BCUT2D eigenvalue weighted by molar-refractivity contribution is 5.66. The lowest BCUT2D eigenvalue weighted by molar-refractivity contribution is 0.415. The summed E-state index contributed by atoms with van der Waals surface area (Å²) in [4.78, 5) is 0. The number of hydrogen-bond donors (Lipinski definition) is 2. The minimum atomic E-state index is -1.50. The lowest BCUT2D eigenvalue weighted by atomic mass is 10.2. The van der Waals surface area contributed by atoms with E-state index in [0.717, 1.165) is 12.1 Å². The summed E-state index contributed by atoms with van der Waals surface area (Å²) in [6.07, 6.45) is 0. The topological polar surface area (TPSA) is 47.3 Å². The molecule has 0 heterocycles. The molecule has 0 saturated heterocycles. The molecule has 0 atom stereocenters. The predicted molar refractivity (Wildman–Crippen MR) is 67.0 cm³/mol. The number of ether oxygens (including phenoxy) is 1. The molecule has 0 aliphatic heterocycles. The Morgan fingerprint density at radius 2 is 1.53 bits per heavy atom. The lowest BCUT2D eigenvalue weighted by Gasteiger charge is -2.10. The molecule has 0 aliphatic carbocycles. The number of nitrogen functional groups attached to an aromatic ring is 1. The molecule has 0 radical (unpaired) electrons. The van der Waals surface area contributed by atoms with Gasteiger partial charge in [0.25, 0.3) is 0 Å². The van der Waals surface area contributed by atoms with E-state index in [4.69, 9.17) is 10.5 Å². The Morgan fingerprint density at radius 3 is 2.11 bits per heavy atom. The minimum absolute atomic E-state index is 0.0732. The Balaban J connectivity index is 2.33. The van der Waals surface area contributed by atoms with Crippen LogP contribution < -0.4 is 15.8 Å². The average Bonchev–Trinajstić information content (AvgIpc) is 2.35. The number of anilines is 3. The molecule has 0 spiro atoms. The van der Waals surface area contributed by atoms with Gasteiger partial charge in [-0.1, -0.05) is 0 Å². The van der Waals surface area contributed by atoms with Crippen LogP contribution in [0.5, 0.6) is 5.75 Å². The highest BCUT2D eigenvalue weighted by atomic mass is 19.2. The van der Waals surface area contributed by atoms with Gasteiger partial charge in [0.2, 0.25) is 0 Å². The number of benzene rings is 2. The van der Waals surface area contributed by atoms with Crippen LogP contribution in [0.4, 0.5) is 30.2 Å². The number of nitrogens with two attached hydrogens (primary N) is 1. The van der Waals surface area contributed by atoms with E-state index >= 15 is 0 Å². The first-order valence-electron chi connectivity index (χ1n) is 5.35. The number of rotatable bonds is 3. The van der Waals surface area contributed by atoms with Gasteiger partial charge < -0.3 is 15.8 Å². The van der Waals surface area contributed by atoms with E-state index < -0.39 is 17.5 Å². The van der Waals surface area contributed by atoms with Crippen LogP contribution in [-0.2, 0) is 0 Å². The third-order valence-corrected chi connectivity index (χ3v) is 2.44. The highest BCUT2D eigenvalue weighted by Crippen LogP contribution is 2.26. The van der Waals surface area contributed by atoms with Crippen molar-refractivity contribution in [1.82, 2.24) is 0 Å². The van der Waals surface area contributed by atoms with Crippen LogP contribution in [0.15, 0.2) is 30.3 Å². The molecule has 2 aromatic rings. The number of halogens is 3. The zero-order chi connectivity index (χ0) is 14.0. The van der Waals surface area contributed by atoms with Crippen LogP contribution in [0.3, 0.4) is 0 Å². The van der Waals surface area contributed by atoms with Crippen molar-refractivity contribution in [2.24, 2.45) is 0 Å². The molecule has 0 unspecified atom stereocenters. The van der Waals surface area contributed by atoms with Gasteiger partial charge in [-0.05, 0) is 6.07 Å². The van der Waals surface area contributed by atoms with Gasteiger partial charge in [-0.3, -0.25) is 0 Å². The number of nitrogens with one attached hydrogen (secondary N) is 1. The van der Waals surface area contributed by atoms with Crippen LogP contribution in [0, 0.1) is 17.5 Å². The minimum Gasteiger partial charge on any atom is -0.497 e. The Hall–Kier alpha value is -2.37. The van der Waals surface area contributed by atoms with Gasteiger partial charge in [-0.2, -0.15) is 0 Å². The van der Waals surface area contributed by atoms with Gasteiger partial charge >= 0.3 is 0 Å². The summed E-state index contributed by atoms with van der Waals surface area (Å²) in [7, 11) is 1.47. The van der Waals surface area contributed by atoms with E-state index in [2.05, 4.69) is 5.32 Å². The zero-order valence-electron chi connectivity index (χ0n) is 10.0. The van der Waals surface area contributed by atoms with E-state index in [1.807, 2.05) is 0 Å². The molecule has 2 rings (SSSR count). The second kappa shape index (κ2) is 5.09. The number of hydrogen-bond acceptors (Lipinski definition) is 3. The van der Waals surface area contributed by atoms with E-state index in [1.54, 1.807) is 18.2 Å². The molecule has 0 fully saturated rings. The van der Waals surface area contributed by atoms with Crippen molar-refractivity contribution in [1.29, 1.82) is 0 Å². The third-order valence-electron chi connectivity index (χ3n) is 2.44. The van der Waals surface area contributed by atoms with Gasteiger partial charge in [0.05, 0.1) is 7.11 Å². The Labute approximate surface area is 107 Å². The van der Waals surface area contributed by atoms with Crippen molar-refractivity contribution in [2.75, 3.05) is 18.2 Å². The molecule has 0 amide bonds. The Bertz CT molecular complexity index is 594. The first-order chi connectivity index (χ1) is 8.99. The van der Waals surface area contributed by atoms with Gasteiger partial charge in [-0.25, -0.2) is 13.2 Å². The summed E-state index contributed by atoms with van der Waals surface area (Å²) in [5.74, 6) is -3.54. The molecule has 0 aliphatic rings. The van der Waals surface area contributed by atoms with E-state index in [1.165, 1.54) is 7.11 Å². The van der Waals surface area contributed by atoms with Crippen LogP contribution >= 0.6 is 0 Å². The summed E-state index contributed by atoms with van der Waals surface area (Å²) in [5, 5.41) is 2.72. The van der Waals surface area contributed by atoms with Crippen molar-refractivity contribution in [3.8, 4) is 5.75 Å². The van der Waals surface area contributed by atoms with Crippen molar-refractivity contribution in [2.45, 2.75) is 0 Å². The van der Waals surface area contributed by atoms with Gasteiger partial charge in [-0.15, -0.1) is 0 Å². The van der Waals surface area contributed by atoms with Crippen molar-refractivity contribution in [3.63, 3.8) is 0 Å². The number of methoxy groups -OCH3 is 1. The van der Waals surface area contributed by atoms with Crippen LogP contribution in [0.1, 0.15) is 0 Å². The maximum Gasteiger partial charge on any atom is 0.194 e. The highest BCUT2D eigenvalue weighted by Gasteiger charge is 2.10. The molecule has 3 N–H and O–H groups in total. The fourth-order valence-corrected chi connectivity index (χ4v) is 1.61. The Kier molecular flexibility index (Phi) is 3.50. The SMILES string of the molecule is COc1cc(N)cc(Nc2cc(F)c(F)c(F)c2)c1. The second-order valence-corrected chi connectivity index (χ2v) is 3.87. The van der Waals surface area contributed by atoms with Crippen LogP contribution in [0.25, 0.3) is 0 Å². The summed E-state index contributed by atoms with van der Waals surface area (Å²) in [5.41, 5.74) is 6.61. The molecular weight excluding hydrogens is 257 g/mol. The largest absolute Gasteiger partial charge is 0.497 e. The quantitative estimate of drug-likeness (QED) is 0.662. The van der Waals surface area contributed by atoms with Gasteiger partial charge in [0, 0.05) is 41.3 Å². The van der Waals surface area contributed by atoms with E-state index in [-0.39, 0.29) is 5.69 Å². The molecule has 2 aromatic carbocycles. The summed E-state index contributed by atoms with van der Waals surface area (Å²) < 4.78 is 44.0. The molecule has 0 aromatic heterocycles.